The molecule has 0 radical (unpaired) electrons. The van der Waals surface area contributed by atoms with Crippen molar-refractivity contribution in [2.75, 3.05) is 0 Å². The highest BCUT2D eigenvalue weighted by molar-refractivity contribution is 5.40. The van der Waals surface area contributed by atoms with Crippen LogP contribution in [-0.4, -0.2) is 0 Å². The average molecular weight is 147 g/mol. The minimum Gasteiger partial charge on any atom is -0.441 e. The zero-order valence-electron chi connectivity index (χ0n) is 6.08. The normalized spacial score (nSPS) is 20.9. The Bertz CT molecular complexity index is 295. The van der Waals surface area contributed by atoms with Gasteiger partial charge in [-0.15, -0.1) is 0 Å². The third kappa shape index (κ3) is 1.07. The van der Waals surface area contributed by atoms with E-state index in [-0.39, 0.29) is 0 Å². The lowest BCUT2D eigenvalue weighted by atomic mass is 10.0. The van der Waals surface area contributed by atoms with Gasteiger partial charge in [0.15, 0.2) is 5.88 Å². The number of ether oxygens (including phenoxy) is 1. The van der Waals surface area contributed by atoms with Gasteiger partial charge in [0.05, 0.1) is 0 Å². The summed E-state index contributed by atoms with van der Waals surface area (Å²) in [5.41, 5.74) is 6.67. The molecule has 0 saturated carbocycles. The Morgan fingerprint density at radius 2 is 2.18 bits per heavy atom. The van der Waals surface area contributed by atoms with Gasteiger partial charge in [0.25, 0.3) is 0 Å². The fourth-order valence-electron chi connectivity index (χ4n) is 1.15. The van der Waals surface area contributed by atoms with Crippen LogP contribution in [0.4, 0.5) is 0 Å². The van der Waals surface area contributed by atoms with Crippen molar-refractivity contribution in [3.8, 4) is 0 Å². The quantitative estimate of drug-likeness (QED) is 0.564. The summed E-state index contributed by atoms with van der Waals surface area (Å²) in [6.45, 7) is 0. The molecule has 0 atom stereocenters. The predicted octanol–water partition coefficient (Wildman–Crippen LogP) is 1.59. The molecule has 0 aromatic rings. The third-order valence-corrected chi connectivity index (χ3v) is 1.71. The lowest BCUT2D eigenvalue weighted by Gasteiger charge is -2.17. The molecule has 1 aliphatic carbocycles. The van der Waals surface area contributed by atoms with Crippen molar-refractivity contribution in [3.05, 3.63) is 47.6 Å². The number of rotatable bonds is 0. The molecule has 0 bridgehead atoms. The average Bonchev–Trinajstić information content (AvgIpc) is 2.04. The summed E-state index contributed by atoms with van der Waals surface area (Å²) in [7, 11) is 0. The molecule has 0 unspecified atom stereocenters. The Balaban J connectivity index is 2.36. The lowest BCUT2D eigenvalue weighted by Crippen LogP contribution is -2.08. The van der Waals surface area contributed by atoms with E-state index in [9.17, 15) is 0 Å². The van der Waals surface area contributed by atoms with Gasteiger partial charge in [0.2, 0.25) is 0 Å². The number of allylic oxidation sites excluding steroid dienone is 6. The molecule has 0 spiro atoms. The molecule has 0 amide bonds. The van der Waals surface area contributed by atoms with Gasteiger partial charge in [-0.1, -0.05) is 12.2 Å². The van der Waals surface area contributed by atoms with Gasteiger partial charge in [-0.05, 0) is 30.2 Å². The first-order valence-corrected chi connectivity index (χ1v) is 3.57. The number of hydrogen-bond acceptors (Lipinski definition) is 2. The highest BCUT2D eigenvalue weighted by Crippen LogP contribution is 2.25. The fraction of sp³-hybridized carbons (Fsp3) is 0.111. The second kappa shape index (κ2) is 2.31. The van der Waals surface area contributed by atoms with Crippen molar-refractivity contribution < 1.29 is 4.74 Å². The van der Waals surface area contributed by atoms with Gasteiger partial charge in [0, 0.05) is 0 Å². The summed E-state index contributed by atoms with van der Waals surface area (Å²) in [5, 5.41) is 0. The molecule has 1 heterocycles. The first-order chi connectivity index (χ1) is 5.36. The van der Waals surface area contributed by atoms with Gasteiger partial charge in [0.1, 0.15) is 5.76 Å². The summed E-state index contributed by atoms with van der Waals surface area (Å²) in [5.74, 6) is 1.35. The van der Waals surface area contributed by atoms with Crippen LogP contribution in [0.2, 0.25) is 0 Å². The topological polar surface area (TPSA) is 35.2 Å². The van der Waals surface area contributed by atoms with Crippen LogP contribution in [0.15, 0.2) is 47.6 Å². The maximum atomic E-state index is 5.47. The van der Waals surface area contributed by atoms with Crippen molar-refractivity contribution in [2.24, 2.45) is 5.73 Å². The molecule has 2 N–H and O–H groups in total. The van der Waals surface area contributed by atoms with E-state index in [1.807, 2.05) is 18.2 Å². The van der Waals surface area contributed by atoms with Crippen molar-refractivity contribution in [1.82, 2.24) is 0 Å². The van der Waals surface area contributed by atoms with Gasteiger partial charge < -0.3 is 10.5 Å². The Labute approximate surface area is 65.3 Å². The van der Waals surface area contributed by atoms with Gasteiger partial charge >= 0.3 is 0 Å². The van der Waals surface area contributed by atoms with E-state index in [1.54, 1.807) is 6.08 Å². The van der Waals surface area contributed by atoms with Crippen LogP contribution in [0.1, 0.15) is 6.42 Å². The third-order valence-electron chi connectivity index (χ3n) is 1.71. The molecule has 56 valence electrons. The fourth-order valence-corrected chi connectivity index (χ4v) is 1.15. The Morgan fingerprint density at radius 3 is 3.09 bits per heavy atom. The van der Waals surface area contributed by atoms with Crippen LogP contribution in [0.5, 0.6) is 0 Å². The van der Waals surface area contributed by atoms with Gasteiger partial charge in [-0.25, -0.2) is 0 Å². The lowest BCUT2D eigenvalue weighted by molar-refractivity contribution is 0.303. The van der Waals surface area contributed by atoms with E-state index in [4.69, 9.17) is 10.5 Å². The Kier molecular flexibility index (Phi) is 1.32. The summed E-state index contributed by atoms with van der Waals surface area (Å²) in [6, 6.07) is 0. The summed E-state index contributed by atoms with van der Waals surface area (Å²) < 4.78 is 5.27. The molecule has 2 aliphatic rings. The Hall–Kier alpha value is -1.44. The SMILES string of the molecule is NC1=CC=C2CC=CC=C2O1. The number of nitrogens with two attached hydrogens (primary N) is 1. The minimum atomic E-state index is 0.468. The second-order valence-electron chi connectivity index (χ2n) is 2.53. The smallest absolute Gasteiger partial charge is 0.190 e. The first kappa shape index (κ1) is 6.28. The second-order valence-corrected chi connectivity index (χ2v) is 2.53. The van der Waals surface area contributed by atoms with E-state index in [0.717, 1.165) is 12.2 Å². The van der Waals surface area contributed by atoms with Crippen LogP contribution in [-0.2, 0) is 4.74 Å². The maximum absolute atomic E-state index is 5.47. The molecule has 0 saturated heterocycles. The van der Waals surface area contributed by atoms with Crippen LogP contribution in [0.25, 0.3) is 0 Å². The van der Waals surface area contributed by atoms with Crippen LogP contribution < -0.4 is 5.73 Å². The molecule has 1 aliphatic heterocycles. The first-order valence-electron chi connectivity index (χ1n) is 3.57. The van der Waals surface area contributed by atoms with Crippen LogP contribution in [0, 0.1) is 0 Å². The highest BCUT2D eigenvalue weighted by atomic mass is 16.5. The van der Waals surface area contributed by atoms with Gasteiger partial charge in [-0.3, -0.25) is 0 Å². The molecule has 11 heavy (non-hydrogen) atoms. The monoisotopic (exact) mass is 147 g/mol. The minimum absolute atomic E-state index is 0.468. The number of fused-ring (bicyclic) bond motifs is 1. The molecular formula is C9H9NO. The maximum Gasteiger partial charge on any atom is 0.190 e. The van der Waals surface area contributed by atoms with Crippen molar-refractivity contribution in [3.63, 3.8) is 0 Å². The predicted molar refractivity (Wildman–Crippen MR) is 43.3 cm³/mol. The summed E-state index contributed by atoms with van der Waals surface area (Å²) in [4.78, 5) is 0. The molecule has 2 nitrogen and oxygen atoms in total. The van der Waals surface area contributed by atoms with Gasteiger partial charge in [-0.2, -0.15) is 0 Å². The van der Waals surface area contributed by atoms with E-state index >= 15 is 0 Å². The largest absolute Gasteiger partial charge is 0.441 e. The van der Waals surface area contributed by atoms with E-state index in [0.29, 0.717) is 5.88 Å². The van der Waals surface area contributed by atoms with Crippen molar-refractivity contribution in [2.45, 2.75) is 6.42 Å². The van der Waals surface area contributed by atoms with Crippen LogP contribution in [0.3, 0.4) is 0 Å². The van der Waals surface area contributed by atoms with Crippen LogP contribution >= 0.6 is 0 Å². The molecule has 2 rings (SSSR count). The van der Waals surface area contributed by atoms with Crippen molar-refractivity contribution >= 4 is 0 Å². The van der Waals surface area contributed by atoms with E-state index < -0.39 is 0 Å². The molecule has 2 heteroatoms. The number of hydrogen-bond donors (Lipinski definition) is 1. The highest BCUT2D eigenvalue weighted by Gasteiger charge is 2.11. The summed E-state index contributed by atoms with van der Waals surface area (Å²) in [6.07, 6.45) is 10.7. The summed E-state index contributed by atoms with van der Waals surface area (Å²) >= 11 is 0. The molecule has 0 aromatic carbocycles. The molecule has 0 fully saturated rings. The zero-order valence-corrected chi connectivity index (χ0v) is 6.08. The molecular weight excluding hydrogens is 138 g/mol. The Morgan fingerprint density at radius 1 is 1.27 bits per heavy atom. The molecule has 0 aromatic heterocycles. The zero-order chi connectivity index (χ0) is 7.68. The van der Waals surface area contributed by atoms with Crippen molar-refractivity contribution in [1.29, 1.82) is 0 Å². The standard InChI is InChI=1S/C9H9NO/c10-9-6-5-7-3-1-2-4-8(7)11-9/h1-2,4-6H,3,10H2. The van der Waals surface area contributed by atoms with E-state index in [1.165, 1.54) is 5.57 Å². The van der Waals surface area contributed by atoms with E-state index in [2.05, 4.69) is 6.08 Å².